The smallest absolute Gasteiger partial charge is 0.232 e. The van der Waals surface area contributed by atoms with E-state index in [9.17, 15) is 9.59 Å². The van der Waals surface area contributed by atoms with Crippen molar-refractivity contribution in [1.29, 1.82) is 0 Å². The Bertz CT molecular complexity index is 982. The summed E-state index contributed by atoms with van der Waals surface area (Å²) in [6.07, 6.45) is 1.60. The largest absolute Gasteiger partial charge is 0.294 e. The van der Waals surface area contributed by atoms with Crippen LogP contribution in [0.2, 0.25) is 0 Å². The SMILES string of the molecule is Cc1ccc(N2C(=O)CC(c3ccccc3C)C3=C2CC(C)(C)CC3=O)cc1. The molecule has 1 heterocycles. The highest BCUT2D eigenvalue weighted by Gasteiger charge is 2.44. The number of carbonyl (C=O) groups is 2. The number of rotatable bonds is 2. The molecule has 1 amide bonds. The van der Waals surface area contributed by atoms with Crippen molar-refractivity contribution >= 4 is 17.4 Å². The second kappa shape index (κ2) is 6.73. The monoisotopic (exact) mass is 373 g/mol. The number of aryl methyl sites for hydroxylation is 2. The van der Waals surface area contributed by atoms with Crippen LogP contribution < -0.4 is 4.90 Å². The van der Waals surface area contributed by atoms with Gasteiger partial charge in [0.25, 0.3) is 0 Å². The molecule has 28 heavy (non-hydrogen) atoms. The van der Waals surface area contributed by atoms with Crippen LogP contribution in [-0.2, 0) is 9.59 Å². The normalized spacial score (nSPS) is 21.7. The molecule has 4 rings (SSSR count). The Morgan fingerprint density at radius 1 is 0.929 bits per heavy atom. The lowest BCUT2D eigenvalue weighted by Gasteiger charge is -2.43. The minimum atomic E-state index is -0.146. The minimum Gasteiger partial charge on any atom is -0.294 e. The van der Waals surface area contributed by atoms with Gasteiger partial charge in [0.15, 0.2) is 5.78 Å². The van der Waals surface area contributed by atoms with Crippen molar-refractivity contribution in [1.82, 2.24) is 0 Å². The third-order valence-electron chi connectivity index (χ3n) is 6.00. The van der Waals surface area contributed by atoms with Crippen LogP contribution in [0.4, 0.5) is 5.69 Å². The van der Waals surface area contributed by atoms with E-state index < -0.39 is 0 Å². The van der Waals surface area contributed by atoms with E-state index in [0.29, 0.717) is 12.8 Å². The average Bonchev–Trinajstić information content (AvgIpc) is 2.61. The van der Waals surface area contributed by atoms with Gasteiger partial charge in [-0.05, 0) is 48.9 Å². The molecule has 1 aliphatic carbocycles. The van der Waals surface area contributed by atoms with Crippen molar-refractivity contribution < 1.29 is 9.59 Å². The fraction of sp³-hybridized carbons (Fsp3) is 0.360. The van der Waals surface area contributed by atoms with Crippen LogP contribution in [0.5, 0.6) is 0 Å². The molecule has 0 fully saturated rings. The predicted octanol–water partition coefficient (Wildman–Crippen LogP) is 5.47. The van der Waals surface area contributed by atoms with Crippen LogP contribution in [0.1, 0.15) is 55.7 Å². The number of ketones is 1. The van der Waals surface area contributed by atoms with Gasteiger partial charge in [-0.25, -0.2) is 0 Å². The first-order valence-corrected chi connectivity index (χ1v) is 9.98. The van der Waals surface area contributed by atoms with E-state index in [1.807, 2.05) is 48.2 Å². The molecular weight excluding hydrogens is 346 g/mol. The molecule has 2 aliphatic rings. The van der Waals surface area contributed by atoms with Crippen LogP contribution in [0, 0.1) is 19.3 Å². The van der Waals surface area contributed by atoms with E-state index in [2.05, 4.69) is 32.9 Å². The van der Waals surface area contributed by atoms with E-state index >= 15 is 0 Å². The zero-order chi connectivity index (χ0) is 20.1. The highest BCUT2D eigenvalue weighted by Crippen LogP contribution is 2.48. The van der Waals surface area contributed by atoms with E-state index in [-0.39, 0.29) is 23.0 Å². The summed E-state index contributed by atoms with van der Waals surface area (Å²) in [5.74, 6) is 0.111. The number of anilines is 1. The fourth-order valence-electron chi connectivity index (χ4n) is 4.65. The third-order valence-corrected chi connectivity index (χ3v) is 6.00. The molecule has 0 saturated heterocycles. The Kier molecular flexibility index (Phi) is 4.49. The van der Waals surface area contributed by atoms with Gasteiger partial charge in [-0.1, -0.05) is 55.8 Å². The molecule has 3 nitrogen and oxygen atoms in total. The highest BCUT2D eigenvalue weighted by molar-refractivity contribution is 6.07. The molecule has 1 atom stereocenters. The highest BCUT2D eigenvalue weighted by atomic mass is 16.2. The Hall–Kier alpha value is -2.68. The Balaban J connectivity index is 1.91. The Morgan fingerprint density at radius 3 is 2.29 bits per heavy atom. The summed E-state index contributed by atoms with van der Waals surface area (Å²) in [5.41, 5.74) is 5.83. The van der Waals surface area contributed by atoms with E-state index in [1.54, 1.807) is 0 Å². The van der Waals surface area contributed by atoms with Crippen LogP contribution in [-0.4, -0.2) is 11.7 Å². The van der Waals surface area contributed by atoms with Crippen molar-refractivity contribution in [2.24, 2.45) is 5.41 Å². The average molecular weight is 373 g/mol. The van der Waals surface area contributed by atoms with Gasteiger partial charge in [0, 0.05) is 35.7 Å². The van der Waals surface area contributed by atoms with Gasteiger partial charge in [0.05, 0.1) is 0 Å². The lowest BCUT2D eigenvalue weighted by molar-refractivity contribution is -0.121. The summed E-state index contributed by atoms with van der Waals surface area (Å²) in [4.78, 5) is 28.4. The van der Waals surface area contributed by atoms with Gasteiger partial charge in [-0.3, -0.25) is 14.5 Å². The maximum Gasteiger partial charge on any atom is 0.232 e. The summed E-state index contributed by atoms with van der Waals surface area (Å²) >= 11 is 0. The Labute approximate surface area is 167 Å². The second-order valence-electron chi connectivity index (χ2n) is 8.98. The van der Waals surface area contributed by atoms with Crippen molar-refractivity contribution in [3.63, 3.8) is 0 Å². The zero-order valence-corrected chi connectivity index (χ0v) is 17.1. The summed E-state index contributed by atoms with van der Waals surface area (Å²) < 4.78 is 0. The predicted molar refractivity (Wildman–Crippen MR) is 112 cm³/mol. The van der Waals surface area contributed by atoms with E-state index in [4.69, 9.17) is 0 Å². The van der Waals surface area contributed by atoms with Crippen LogP contribution >= 0.6 is 0 Å². The molecule has 0 saturated carbocycles. The number of allylic oxidation sites excluding steroid dienone is 2. The summed E-state index contributed by atoms with van der Waals surface area (Å²) in [6.45, 7) is 8.32. The number of hydrogen-bond acceptors (Lipinski definition) is 2. The topological polar surface area (TPSA) is 37.4 Å². The second-order valence-corrected chi connectivity index (χ2v) is 8.98. The first kappa shape index (κ1) is 18.7. The van der Waals surface area contributed by atoms with Crippen LogP contribution in [0.3, 0.4) is 0 Å². The number of hydrogen-bond donors (Lipinski definition) is 0. The summed E-state index contributed by atoms with van der Waals surface area (Å²) in [5, 5.41) is 0. The fourth-order valence-corrected chi connectivity index (χ4v) is 4.65. The molecule has 0 N–H and O–H groups in total. The summed E-state index contributed by atoms with van der Waals surface area (Å²) in [6, 6.07) is 16.1. The lowest BCUT2D eigenvalue weighted by atomic mass is 9.69. The minimum absolute atomic E-state index is 0.0707. The lowest BCUT2D eigenvalue weighted by Crippen LogP contribution is -2.43. The number of benzene rings is 2. The van der Waals surface area contributed by atoms with Gasteiger partial charge < -0.3 is 0 Å². The maximum absolute atomic E-state index is 13.3. The van der Waals surface area contributed by atoms with Crippen molar-refractivity contribution in [2.75, 3.05) is 4.90 Å². The van der Waals surface area contributed by atoms with Crippen LogP contribution in [0.15, 0.2) is 59.8 Å². The van der Waals surface area contributed by atoms with E-state index in [0.717, 1.165) is 40.1 Å². The molecule has 0 radical (unpaired) electrons. The first-order chi connectivity index (χ1) is 13.3. The van der Waals surface area contributed by atoms with Gasteiger partial charge in [0.1, 0.15) is 0 Å². The first-order valence-electron chi connectivity index (χ1n) is 9.98. The zero-order valence-electron chi connectivity index (χ0n) is 17.1. The van der Waals surface area contributed by atoms with Gasteiger partial charge >= 0.3 is 0 Å². The molecule has 144 valence electrons. The van der Waals surface area contributed by atoms with E-state index in [1.165, 1.54) is 0 Å². The van der Waals surface area contributed by atoms with Gasteiger partial charge in [-0.15, -0.1) is 0 Å². The number of nitrogens with zero attached hydrogens (tertiary/aromatic N) is 1. The molecular formula is C25H27NO2. The summed E-state index contributed by atoms with van der Waals surface area (Å²) in [7, 11) is 0. The molecule has 0 bridgehead atoms. The molecule has 0 aromatic heterocycles. The molecule has 1 unspecified atom stereocenters. The number of amides is 1. The van der Waals surface area contributed by atoms with Crippen molar-refractivity contribution in [3.05, 3.63) is 76.5 Å². The van der Waals surface area contributed by atoms with Crippen molar-refractivity contribution in [3.8, 4) is 0 Å². The molecule has 3 heteroatoms. The standard InChI is InChI=1S/C25H27NO2/c1-16-9-11-18(12-10-16)26-21-14-25(3,4)15-22(27)24(21)20(13-23(26)28)19-8-6-5-7-17(19)2/h5-12,20H,13-15H2,1-4H3. The molecule has 0 spiro atoms. The number of carbonyl (C=O) groups excluding carboxylic acids is 2. The Morgan fingerprint density at radius 2 is 1.61 bits per heavy atom. The maximum atomic E-state index is 13.3. The third kappa shape index (κ3) is 3.19. The van der Waals surface area contributed by atoms with Gasteiger partial charge in [0.2, 0.25) is 5.91 Å². The quantitative estimate of drug-likeness (QED) is 0.700. The molecule has 2 aromatic carbocycles. The molecule has 2 aromatic rings. The molecule has 1 aliphatic heterocycles. The van der Waals surface area contributed by atoms with Gasteiger partial charge in [-0.2, -0.15) is 0 Å². The van der Waals surface area contributed by atoms with Crippen LogP contribution in [0.25, 0.3) is 0 Å². The van der Waals surface area contributed by atoms with Crippen molar-refractivity contribution in [2.45, 2.75) is 52.9 Å². The number of Topliss-reactive ketones (excluding diaryl/α,β-unsaturated/α-hetero) is 1.